The van der Waals surface area contributed by atoms with Gasteiger partial charge in [0.15, 0.2) is 0 Å². The molecule has 0 unspecified atom stereocenters. The molecule has 0 aromatic carbocycles. The van der Waals surface area contributed by atoms with Crippen LogP contribution in [0.2, 0.25) is 0 Å². The Morgan fingerprint density at radius 2 is 1.67 bits per heavy atom. The van der Waals surface area contributed by atoms with Gasteiger partial charge in [-0.05, 0) is 0 Å². The Morgan fingerprint density at radius 1 is 1.33 bits per heavy atom. The van der Waals surface area contributed by atoms with Crippen LogP contribution in [0.3, 0.4) is 0 Å². The minimum Gasteiger partial charge on any atom is -0.389 e. The fraction of sp³-hybridized carbons (Fsp3) is 1.00. The van der Waals surface area contributed by atoms with Gasteiger partial charge in [-0.1, -0.05) is 0 Å². The quantitative estimate of drug-likeness (QED) is 0.458. The van der Waals surface area contributed by atoms with E-state index in [0.717, 1.165) is 0 Å². The summed E-state index contributed by atoms with van der Waals surface area (Å²) in [5.41, 5.74) is 0. The summed E-state index contributed by atoms with van der Waals surface area (Å²) in [6.45, 7) is 0. The van der Waals surface area contributed by atoms with E-state index >= 15 is 0 Å². The van der Waals surface area contributed by atoms with Gasteiger partial charge in [0, 0.05) is 14.2 Å². The molecule has 38 valence electrons. The van der Waals surface area contributed by atoms with E-state index in [4.69, 9.17) is 5.40 Å². The van der Waals surface area contributed by atoms with Crippen molar-refractivity contribution in [2.24, 2.45) is 5.40 Å². The van der Waals surface area contributed by atoms with Crippen molar-refractivity contribution in [3.05, 3.63) is 0 Å². The van der Waals surface area contributed by atoms with Crippen molar-refractivity contribution in [3.8, 4) is 0 Å². The fourth-order valence-corrected chi connectivity index (χ4v) is 0.289. The van der Waals surface area contributed by atoms with Crippen molar-refractivity contribution in [2.45, 2.75) is 0 Å². The Kier molecular flexibility index (Phi) is 3.35. The first-order valence-corrected chi connectivity index (χ1v) is 3.23. The highest BCUT2D eigenvalue weighted by molar-refractivity contribution is 6.39. The third kappa shape index (κ3) is 2.34. The molecule has 0 saturated carbocycles. The van der Waals surface area contributed by atoms with Crippen LogP contribution in [-0.4, -0.2) is 23.7 Å². The van der Waals surface area contributed by atoms with E-state index in [1.165, 1.54) is 0 Å². The summed E-state index contributed by atoms with van der Waals surface area (Å²) in [4.78, 5) is 0. The molecule has 0 aliphatic heterocycles. The monoisotopic (exact) mass is 107 g/mol. The van der Waals surface area contributed by atoms with Crippen molar-refractivity contribution >= 4 is 9.45 Å². The summed E-state index contributed by atoms with van der Waals surface area (Å²) in [7, 11) is 1.42. The molecule has 0 saturated heterocycles. The first-order chi connectivity index (χ1) is 2.81. The molecule has 0 amide bonds. The van der Waals surface area contributed by atoms with E-state index < -0.39 is 9.45 Å². The van der Waals surface area contributed by atoms with Crippen molar-refractivity contribution < 1.29 is 8.85 Å². The Morgan fingerprint density at radius 3 is 1.67 bits per heavy atom. The summed E-state index contributed by atoms with van der Waals surface area (Å²) in [6.07, 6.45) is 0. The lowest BCUT2D eigenvalue weighted by molar-refractivity contribution is 0.279. The molecule has 0 atom stereocenters. The van der Waals surface area contributed by atoms with Crippen LogP contribution in [0, 0.1) is 0 Å². The SMILES string of the molecule is CO[SiH](N)OC. The third-order valence-electron chi connectivity index (χ3n) is 0.465. The van der Waals surface area contributed by atoms with Crippen LogP contribution < -0.4 is 5.40 Å². The van der Waals surface area contributed by atoms with Crippen molar-refractivity contribution in [3.63, 3.8) is 0 Å². The minimum atomic E-state index is -1.66. The van der Waals surface area contributed by atoms with Gasteiger partial charge in [0.25, 0.3) is 0 Å². The molecule has 3 nitrogen and oxygen atoms in total. The zero-order chi connectivity index (χ0) is 4.99. The summed E-state index contributed by atoms with van der Waals surface area (Å²) < 4.78 is 9.19. The second kappa shape index (κ2) is 3.29. The van der Waals surface area contributed by atoms with Crippen LogP contribution in [-0.2, 0) is 8.85 Å². The molecule has 0 rings (SSSR count). The van der Waals surface area contributed by atoms with Gasteiger partial charge >= 0.3 is 9.45 Å². The minimum absolute atomic E-state index is 1.54. The van der Waals surface area contributed by atoms with E-state index in [1.54, 1.807) is 14.2 Å². The molecule has 0 spiro atoms. The topological polar surface area (TPSA) is 44.5 Å². The highest BCUT2D eigenvalue weighted by Crippen LogP contribution is 1.67. The Hall–Kier alpha value is 0.0969. The molecule has 0 aromatic heterocycles. The smallest absolute Gasteiger partial charge is 0.389 e. The molecular formula is C2H9NO2Si. The summed E-state index contributed by atoms with van der Waals surface area (Å²) in [5, 5.41) is 5.17. The van der Waals surface area contributed by atoms with Gasteiger partial charge in [0.2, 0.25) is 0 Å². The normalized spacial score (nSPS) is 10.0. The first kappa shape index (κ1) is 6.10. The van der Waals surface area contributed by atoms with Crippen LogP contribution in [0.25, 0.3) is 0 Å². The van der Waals surface area contributed by atoms with E-state index in [2.05, 4.69) is 8.85 Å². The average Bonchev–Trinajstić information content (AvgIpc) is 1.65. The van der Waals surface area contributed by atoms with Gasteiger partial charge in [0.1, 0.15) is 0 Å². The predicted octanol–water partition coefficient (Wildman–Crippen LogP) is -1.04. The Bertz CT molecular complexity index is 30.7. The van der Waals surface area contributed by atoms with E-state index in [-0.39, 0.29) is 0 Å². The number of hydrogen-bond acceptors (Lipinski definition) is 3. The molecule has 0 aromatic rings. The molecule has 6 heavy (non-hydrogen) atoms. The highest BCUT2D eigenvalue weighted by atomic mass is 28.3. The second-order valence-corrected chi connectivity index (χ2v) is 2.52. The maximum atomic E-state index is 5.17. The summed E-state index contributed by atoms with van der Waals surface area (Å²) in [5.74, 6) is 0. The third-order valence-corrected chi connectivity index (χ3v) is 1.39. The van der Waals surface area contributed by atoms with Gasteiger partial charge in [0.05, 0.1) is 0 Å². The predicted molar refractivity (Wildman–Crippen MR) is 25.4 cm³/mol. The van der Waals surface area contributed by atoms with Gasteiger partial charge in [-0.2, -0.15) is 0 Å². The lowest BCUT2D eigenvalue weighted by atomic mass is 11.8. The fourth-order valence-electron chi connectivity index (χ4n) is 0.0962. The van der Waals surface area contributed by atoms with Crippen molar-refractivity contribution in [2.75, 3.05) is 14.2 Å². The number of hydrogen-bond donors (Lipinski definition) is 1. The average molecular weight is 107 g/mol. The van der Waals surface area contributed by atoms with Gasteiger partial charge in [-0.3, -0.25) is 0 Å². The molecule has 0 bridgehead atoms. The summed E-state index contributed by atoms with van der Waals surface area (Å²) >= 11 is 0. The van der Waals surface area contributed by atoms with E-state index in [1.807, 2.05) is 0 Å². The first-order valence-electron chi connectivity index (χ1n) is 1.62. The van der Waals surface area contributed by atoms with Crippen LogP contribution in [0.15, 0.2) is 0 Å². The molecule has 0 fully saturated rings. The summed E-state index contributed by atoms with van der Waals surface area (Å²) in [6, 6.07) is 0. The lowest BCUT2D eigenvalue weighted by Gasteiger charge is -1.99. The standard InChI is InChI=1S/C2H9NO2Si/c1-4-6(3)5-2/h6H,3H2,1-2H3. The largest absolute Gasteiger partial charge is 0.405 e. The van der Waals surface area contributed by atoms with Crippen LogP contribution in [0.5, 0.6) is 0 Å². The van der Waals surface area contributed by atoms with Crippen molar-refractivity contribution in [1.82, 2.24) is 0 Å². The lowest BCUT2D eigenvalue weighted by Crippen LogP contribution is -2.30. The van der Waals surface area contributed by atoms with Crippen LogP contribution in [0.4, 0.5) is 0 Å². The van der Waals surface area contributed by atoms with E-state index in [0.29, 0.717) is 0 Å². The molecule has 0 aliphatic carbocycles. The number of nitrogens with two attached hydrogens (primary N) is 1. The van der Waals surface area contributed by atoms with Gasteiger partial charge in [-0.25, -0.2) is 0 Å². The zero-order valence-electron chi connectivity index (χ0n) is 3.97. The van der Waals surface area contributed by atoms with Crippen molar-refractivity contribution in [1.29, 1.82) is 0 Å². The van der Waals surface area contributed by atoms with Gasteiger partial charge < -0.3 is 14.3 Å². The maximum absolute atomic E-state index is 5.17. The maximum Gasteiger partial charge on any atom is 0.405 e. The molecular weight excluding hydrogens is 98.1 g/mol. The van der Waals surface area contributed by atoms with Gasteiger partial charge in [-0.15, -0.1) is 0 Å². The molecule has 2 N–H and O–H groups in total. The Balaban J connectivity index is 2.75. The molecule has 0 heterocycles. The highest BCUT2D eigenvalue weighted by Gasteiger charge is 1.95. The van der Waals surface area contributed by atoms with Crippen LogP contribution in [0.1, 0.15) is 0 Å². The molecule has 0 radical (unpaired) electrons. The zero-order valence-corrected chi connectivity index (χ0v) is 5.13. The number of rotatable bonds is 2. The Labute approximate surface area is 39.0 Å². The molecule has 0 aliphatic rings. The second-order valence-electron chi connectivity index (χ2n) is 0.840. The van der Waals surface area contributed by atoms with Crippen LogP contribution >= 0.6 is 0 Å². The molecule has 4 heteroatoms. The van der Waals surface area contributed by atoms with E-state index in [9.17, 15) is 0 Å².